The van der Waals surface area contributed by atoms with Gasteiger partial charge in [-0.05, 0) is 96.7 Å². The average molecular weight is 858 g/mol. The van der Waals surface area contributed by atoms with E-state index in [9.17, 15) is 0 Å². The van der Waals surface area contributed by atoms with Crippen molar-refractivity contribution in [1.29, 1.82) is 0 Å². The van der Waals surface area contributed by atoms with Crippen LogP contribution in [0.2, 0.25) is 0 Å². The molecule has 0 aliphatic carbocycles. The lowest BCUT2D eigenvalue weighted by Crippen LogP contribution is -2.15. The van der Waals surface area contributed by atoms with E-state index in [4.69, 9.17) is 0 Å². The third kappa shape index (κ3) is 7.00. The van der Waals surface area contributed by atoms with Crippen molar-refractivity contribution >= 4 is 105 Å². The van der Waals surface area contributed by atoms with E-state index in [1.165, 1.54) is 43.4 Å². The monoisotopic (exact) mass is 857 g/mol. The molecule has 0 bridgehead atoms. The third-order valence-corrected chi connectivity index (χ3v) is 13.3. The van der Waals surface area contributed by atoms with Crippen molar-refractivity contribution in [2.75, 3.05) is 14.7 Å². The Morgan fingerprint density at radius 1 is 0.194 bits per heavy atom. The number of aryl methyl sites for hydroxylation is 2. The molecule has 3 nitrogen and oxygen atoms in total. The van der Waals surface area contributed by atoms with Gasteiger partial charge >= 0.3 is 0 Å². The first kappa shape index (κ1) is 39.9. The number of anilines is 9. The molecular weight excluding hydrogens is 811 g/mol. The molecule has 0 aliphatic heterocycles. The molecule has 67 heavy (non-hydrogen) atoms. The van der Waals surface area contributed by atoms with Crippen molar-refractivity contribution in [1.82, 2.24) is 0 Å². The van der Waals surface area contributed by atoms with E-state index in [1.807, 2.05) is 0 Å². The third-order valence-electron chi connectivity index (χ3n) is 13.3. The van der Waals surface area contributed by atoms with Gasteiger partial charge in [0.15, 0.2) is 0 Å². The van der Waals surface area contributed by atoms with E-state index in [-0.39, 0.29) is 0 Å². The fraction of sp³-hybridized carbons (Fsp3) is 0.0312. The molecule has 12 rings (SSSR count). The van der Waals surface area contributed by atoms with Gasteiger partial charge in [-0.1, -0.05) is 193 Å². The number of hydrogen-bond acceptors (Lipinski definition) is 3. The van der Waals surface area contributed by atoms with Crippen molar-refractivity contribution in [3.05, 3.63) is 260 Å². The Kier molecular flexibility index (Phi) is 9.95. The van der Waals surface area contributed by atoms with Gasteiger partial charge in [-0.3, -0.25) is 0 Å². The molecule has 0 unspecified atom stereocenters. The second-order valence-electron chi connectivity index (χ2n) is 17.5. The summed E-state index contributed by atoms with van der Waals surface area (Å²) in [6.45, 7) is 4.30. The van der Waals surface area contributed by atoms with Crippen LogP contribution in [0.4, 0.5) is 51.2 Å². The summed E-state index contributed by atoms with van der Waals surface area (Å²) in [5, 5.41) is 11.8. The van der Waals surface area contributed by atoms with E-state index in [2.05, 4.69) is 277 Å². The molecule has 12 aromatic rings. The smallest absolute Gasteiger partial charge is 0.0542 e. The molecule has 0 aromatic heterocycles. The van der Waals surface area contributed by atoms with Crippen LogP contribution in [0.3, 0.4) is 0 Å². The first-order valence-corrected chi connectivity index (χ1v) is 23.1. The quantitative estimate of drug-likeness (QED) is 0.143. The molecule has 0 radical (unpaired) electrons. The summed E-state index contributed by atoms with van der Waals surface area (Å²) in [6, 6.07) is 91.1. The molecule has 0 aliphatic rings. The summed E-state index contributed by atoms with van der Waals surface area (Å²) in [4.78, 5) is 7.38. The Morgan fingerprint density at radius 3 is 0.761 bits per heavy atom. The van der Waals surface area contributed by atoms with Crippen LogP contribution in [-0.2, 0) is 0 Å². The average Bonchev–Trinajstić information content (AvgIpc) is 3.38. The van der Waals surface area contributed by atoms with Gasteiger partial charge < -0.3 is 14.7 Å². The highest BCUT2D eigenvalue weighted by molar-refractivity contribution is 6.15. The van der Waals surface area contributed by atoms with Gasteiger partial charge in [-0.2, -0.15) is 0 Å². The van der Waals surface area contributed by atoms with E-state index in [0.717, 1.165) is 72.7 Å². The van der Waals surface area contributed by atoms with Gasteiger partial charge in [0, 0.05) is 49.1 Å². The van der Waals surface area contributed by atoms with Gasteiger partial charge in [0.25, 0.3) is 0 Å². The zero-order chi connectivity index (χ0) is 44.8. The molecule has 0 spiro atoms. The van der Waals surface area contributed by atoms with Gasteiger partial charge in [0.1, 0.15) is 0 Å². The Morgan fingerprint density at radius 2 is 0.433 bits per heavy atom. The van der Waals surface area contributed by atoms with Gasteiger partial charge in [0.05, 0.1) is 39.8 Å². The van der Waals surface area contributed by atoms with Crippen LogP contribution < -0.4 is 14.7 Å². The summed E-state index contributed by atoms with van der Waals surface area (Å²) in [6.07, 6.45) is 0. The minimum Gasteiger partial charge on any atom is -0.309 e. The minimum absolute atomic E-state index is 1.10. The summed E-state index contributed by atoms with van der Waals surface area (Å²) < 4.78 is 0. The predicted molar refractivity (Wildman–Crippen MR) is 287 cm³/mol. The zero-order valence-electron chi connectivity index (χ0n) is 37.5. The SMILES string of the molecule is Cc1ccc(N(c2cccc3ccccc23)c2ccc(N(c3cccc4ccccc34)c3ccc(N(c4ccc(C)cc4)c4cccc5ccccc45)c4ccccc34)c3ccccc23)cc1. The predicted octanol–water partition coefficient (Wildman–Crippen LogP) is 18.5. The lowest BCUT2D eigenvalue weighted by molar-refractivity contribution is 1.28. The van der Waals surface area contributed by atoms with Crippen LogP contribution in [0, 0.1) is 13.8 Å². The number of rotatable bonds is 9. The zero-order valence-corrected chi connectivity index (χ0v) is 37.5. The van der Waals surface area contributed by atoms with Gasteiger partial charge in [-0.25, -0.2) is 0 Å². The lowest BCUT2D eigenvalue weighted by Gasteiger charge is -2.33. The first-order chi connectivity index (χ1) is 33.1. The van der Waals surface area contributed by atoms with E-state index < -0.39 is 0 Å². The van der Waals surface area contributed by atoms with Crippen molar-refractivity contribution < 1.29 is 0 Å². The van der Waals surface area contributed by atoms with Crippen molar-refractivity contribution in [2.45, 2.75) is 13.8 Å². The number of fused-ring (bicyclic) bond motifs is 5. The highest BCUT2D eigenvalue weighted by Crippen LogP contribution is 2.51. The maximum atomic E-state index is 2.50. The second-order valence-corrected chi connectivity index (χ2v) is 17.5. The summed E-state index contributed by atoms with van der Waals surface area (Å²) in [7, 11) is 0. The topological polar surface area (TPSA) is 9.72 Å². The van der Waals surface area contributed by atoms with Gasteiger partial charge in [0.2, 0.25) is 0 Å². The first-order valence-electron chi connectivity index (χ1n) is 23.1. The van der Waals surface area contributed by atoms with Crippen LogP contribution >= 0.6 is 0 Å². The summed E-state index contributed by atoms with van der Waals surface area (Å²) >= 11 is 0. The molecule has 0 atom stereocenters. The summed E-state index contributed by atoms with van der Waals surface area (Å²) in [5.74, 6) is 0. The van der Waals surface area contributed by atoms with Crippen LogP contribution in [0.15, 0.2) is 249 Å². The van der Waals surface area contributed by atoms with Crippen LogP contribution in [0.5, 0.6) is 0 Å². The number of benzene rings is 12. The minimum atomic E-state index is 1.10. The Hall–Kier alpha value is -8.66. The molecule has 3 heteroatoms. The van der Waals surface area contributed by atoms with Crippen molar-refractivity contribution in [2.24, 2.45) is 0 Å². The molecular formula is C64H47N3. The van der Waals surface area contributed by atoms with Crippen molar-refractivity contribution in [3.8, 4) is 0 Å². The van der Waals surface area contributed by atoms with E-state index >= 15 is 0 Å². The molecule has 0 heterocycles. The molecule has 0 saturated carbocycles. The molecule has 318 valence electrons. The molecule has 12 aromatic carbocycles. The summed E-state index contributed by atoms with van der Waals surface area (Å²) in [5.41, 5.74) is 12.5. The van der Waals surface area contributed by atoms with Gasteiger partial charge in [-0.15, -0.1) is 0 Å². The maximum absolute atomic E-state index is 2.50. The van der Waals surface area contributed by atoms with E-state index in [1.54, 1.807) is 0 Å². The second kappa shape index (κ2) is 16.7. The van der Waals surface area contributed by atoms with Crippen molar-refractivity contribution in [3.63, 3.8) is 0 Å². The molecule has 0 saturated heterocycles. The fourth-order valence-corrected chi connectivity index (χ4v) is 10.1. The van der Waals surface area contributed by atoms with E-state index in [0.29, 0.717) is 0 Å². The van der Waals surface area contributed by atoms with Crippen LogP contribution in [0.1, 0.15) is 11.1 Å². The van der Waals surface area contributed by atoms with Crippen LogP contribution in [-0.4, -0.2) is 0 Å². The fourth-order valence-electron chi connectivity index (χ4n) is 10.1. The number of nitrogens with zero attached hydrogens (tertiary/aromatic N) is 3. The highest BCUT2D eigenvalue weighted by atomic mass is 15.2. The molecule has 0 amide bonds. The Balaban J connectivity index is 1.12. The highest BCUT2D eigenvalue weighted by Gasteiger charge is 2.26. The Labute approximate surface area is 391 Å². The normalized spacial score (nSPS) is 11.4. The molecule has 0 N–H and O–H groups in total. The standard InChI is InChI=1S/C64H47N3/c1-44-32-36-49(37-33-44)65(58-29-13-19-46-16-3-6-22-51(46)58)61-40-42-63(56-27-11-9-25-54(56)61)67(60-31-15-21-48-18-5-8-24-53(48)60)64-43-41-62(55-26-10-12-28-57(55)64)66(50-38-34-45(2)35-39-50)59-30-14-20-47-17-4-7-23-52(47)59/h3-43H,1-2H3. The molecule has 0 fully saturated rings. The van der Waals surface area contributed by atoms with Crippen LogP contribution in [0.25, 0.3) is 53.9 Å². The Bertz CT molecular complexity index is 3570. The lowest BCUT2D eigenvalue weighted by atomic mass is 9.98. The largest absolute Gasteiger partial charge is 0.309 e. The number of hydrogen-bond donors (Lipinski definition) is 0. The maximum Gasteiger partial charge on any atom is 0.0542 e.